The summed E-state index contributed by atoms with van der Waals surface area (Å²) >= 11 is -2.11. The second kappa shape index (κ2) is 5.17. The second-order valence-corrected chi connectivity index (χ2v) is 1.81. The summed E-state index contributed by atoms with van der Waals surface area (Å²) < 4.78 is 22.0. The lowest BCUT2D eigenvalue weighted by Gasteiger charge is -1.94. The molecule has 1 unspecified atom stereocenters. The average Bonchev–Trinajstić information content (AvgIpc) is 1.66. The van der Waals surface area contributed by atoms with Crippen LogP contribution in [0.2, 0.25) is 0 Å². The normalized spacial score (nSPS) is 13.8. The van der Waals surface area contributed by atoms with E-state index in [1.807, 2.05) is 0 Å². The van der Waals surface area contributed by atoms with Crippen molar-refractivity contribution in [2.24, 2.45) is 0 Å². The van der Waals surface area contributed by atoms with Gasteiger partial charge in [-0.15, -0.1) is 0 Å². The molecule has 0 aromatic heterocycles. The van der Waals surface area contributed by atoms with Crippen molar-refractivity contribution in [2.75, 3.05) is 20.2 Å². The fraction of sp³-hybridized carbons (Fsp3) is 1.00. The molecule has 8 heavy (non-hydrogen) atoms. The summed E-state index contributed by atoms with van der Waals surface area (Å²) in [5.74, 6) is 0. The van der Waals surface area contributed by atoms with Crippen molar-refractivity contribution in [1.82, 2.24) is 5.32 Å². The average molecular weight is 139 g/mol. The fourth-order valence-corrected chi connectivity index (χ4v) is 0.441. The van der Waals surface area contributed by atoms with E-state index in [0.717, 1.165) is 0 Å². The topological polar surface area (TPSA) is 58.6 Å². The standard InChI is InChI=1S/C3H9NO3S/c1-4-2-3-7-8(5)6/h4H,2-3H2,1H3,(H,5,6). The van der Waals surface area contributed by atoms with Crippen LogP contribution in [0.15, 0.2) is 0 Å². The second-order valence-electron chi connectivity index (χ2n) is 1.14. The number of hydrogen-bond acceptors (Lipinski definition) is 3. The van der Waals surface area contributed by atoms with E-state index < -0.39 is 11.4 Å². The van der Waals surface area contributed by atoms with Crippen LogP contribution < -0.4 is 5.32 Å². The van der Waals surface area contributed by atoms with Crippen LogP contribution in [0, 0.1) is 0 Å². The first-order valence-corrected chi connectivity index (χ1v) is 3.19. The van der Waals surface area contributed by atoms with Gasteiger partial charge in [-0.2, -0.15) is 4.21 Å². The van der Waals surface area contributed by atoms with E-state index in [9.17, 15) is 4.21 Å². The molecule has 0 radical (unpaired) electrons. The van der Waals surface area contributed by atoms with Gasteiger partial charge >= 0.3 is 11.4 Å². The molecule has 1 atom stereocenters. The molecule has 0 heterocycles. The summed E-state index contributed by atoms with van der Waals surface area (Å²) in [4.78, 5) is 0. The van der Waals surface area contributed by atoms with Gasteiger partial charge in [0.05, 0.1) is 6.61 Å². The van der Waals surface area contributed by atoms with Gasteiger partial charge < -0.3 is 5.32 Å². The molecule has 0 spiro atoms. The molecule has 0 amide bonds. The number of likely N-dealkylation sites (N-methyl/N-ethyl adjacent to an activating group) is 1. The van der Waals surface area contributed by atoms with Gasteiger partial charge in [0, 0.05) is 6.54 Å². The Balaban J connectivity index is 2.82. The van der Waals surface area contributed by atoms with Crippen molar-refractivity contribution < 1.29 is 12.9 Å². The van der Waals surface area contributed by atoms with Crippen LogP contribution >= 0.6 is 0 Å². The molecule has 0 saturated carbocycles. The third-order valence-electron chi connectivity index (χ3n) is 0.536. The Hall–Kier alpha value is 0.0300. The van der Waals surface area contributed by atoms with Crippen molar-refractivity contribution >= 4 is 11.4 Å². The summed E-state index contributed by atoms with van der Waals surface area (Å²) in [6.07, 6.45) is 0. The maximum absolute atomic E-state index is 9.74. The lowest BCUT2D eigenvalue weighted by atomic mass is 10.7. The van der Waals surface area contributed by atoms with E-state index >= 15 is 0 Å². The van der Waals surface area contributed by atoms with Crippen LogP contribution in [-0.2, 0) is 15.5 Å². The molecular weight excluding hydrogens is 130 g/mol. The molecule has 0 aliphatic heterocycles. The van der Waals surface area contributed by atoms with E-state index in [0.29, 0.717) is 6.54 Å². The van der Waals surface area contributed by atoms with Crippen molar-refractivity contribution in [1.29, 1.82) is 0 Å². The third kappa shape index (κ3) is 6.03. The Morgan fingerprint density at radius 3 is 2.88 bits per heavy atom. The minimum absolute atomic E-state index is 0.264. The quantitative estimate of drug-likeness (QED) is 0.402. The zero-order chi connectivity index (χ0) is 6.41. The minimum atomic E-state index is -2.11. The van der Waals surface area contributed by atoms with E-state index in [2.05, 4.69) is 9.50 Å². The van der Waals surface area contributed by atoms with Crippen LogP contribution in [0.1, 0.15) is 0 Å². The van der Waals surface area contributed by atoms with E-state index in [1.54, 1.807) is 7.05 Å². The van der Waals surface area contributed by atoms with Crippen molar-refractivity contribution in [3.8, 4) is 0 Å². The predicted molar refractivity (Wildman–Crippen MR) is 30.6 cm³/mol. The molecule has 0 aliphatic carbocycles. The van der Waals surface area contributed by atoms with Crippen LogP contribution in [-0.4, -0.2) is 29.0 Å². The lowest BCUT2D eigenvalue weighted by Crippen LogP contribution is -2.14. The molecule has 0 saturated heterocycles. The lowest BCUT2D eigenvalue weighted by molar-refractivity contribution is 0.308. The van der Waals surface area contributed by atoms with Crippen LogP contribution in [0.25, 0.3) is 0 Å². The van der Waals surface area contributed by atoms with Gasteiger partial charge in [0.25, 0.3) is 0 Å². The highest BCUT2D eigenvalue weighted by molar-refractivity contribution is 7.74. The Labute approximate surface area is 50.7 Å². The molecule has 0 aromatic rings. The van der Waals surface area contributed by atoms with Crippen LogP contribution in [0.3, 0.4) is 0 Å². The third-order valence-corrected chi connectivity index (χ3v) is 0.905. The first-order valence-electron chi connectivity index (χ1n) is 2.16. The highest BCUT2D eigenvalue weighted by Gasteiger charge is 1.88. The first kappa shape index (κ1) is 8.03. The molecule has 0 aliphatic rings. The van der Waals surface area contributed by atoms with E-state index in [1.165, 1.54) is 0 Å². The summed E-state index contributed by atoms with van der Waals surface area (Å²) in [7, 11) is 1.74. The molecule has 0 aromatic carbocycles. The Bertz CT molecular complexity index is 76.9. The highest BCUT2D eigenvalue weighted by atomic mass is 32.2. The molecule has 0 rings (SSSR count). The number of rotatable bonds is 4. The van der Waals surface area contributed by atoms with Crippen molar-refractivity contribution in [3.05, 3.63) is 0 Å². The number of nitrogens with one attached hydrogen (secondary N) is 1. The largest absolute Gasteiger partial charge is 0.317 e. The monoisotopic (exact) mass is 139 g/mol. The van der Waals surface area contributed by atoms with Gasteiger partial charge in [0.1, 0.15) is 0 Å². The molecule has 0 fully saturated rings. The maximum atomic E-state index is 9.74. The fourth-order valence-electron chi connectivity index (χ4n) is 0.215. The van der Waals surface area contributed by atoms with Gasteiger partial charge in [0.2, 0.25) is 0 Å². The van der Waals surface area contributed by atoms with Crippen molar-refractivity contribution in [2.45, 2.75) is 0 Å². The minimum Gasteiger partial charge on any atom is -0.317 e. The van der Waals surface area contributed by atoms with E-state index in [-0.39, 0.29) is 6.61 Å². The summed E-state index contributed by atoms with van der Waals surface area (Å²) in [5.41, 5.74) is 0. The number of hydrogen-bond donors (Lipinski definition) is 2. The Kier molecular flexibility index (Phi) is 5.19. The molecular formula is C3H9NO3S. The van der Waals surface area contributed by atoms with Gasteiger partial charge in [0.15, 0.2) is 0 Å². The molecule has 0 bridgehead atoms. The van der Waals surface area contributed by atoms with Crippen LogP contribution in [0.5, 0.6) is 0 Å². The first-order chi connectivity index (χ1) is 3.77. The van der Waals surface area contributed by atoms with Gasteiger partial charge in [-0.3, -0.25) is 8.74 Å². The Morgan fingerprint density at radius 1 is 1.88 bits per heavy atom. The zero-order valence-electron chi connectivity index (χ0n) is 4.59. The summed E-state index contributed by atoms with van der Waals surface area (Å²) in [6, 6.07) is 0. The molecule has 4 nitrogen and oxygen atoms in total. The highest BCUT2D eigenvalue weighted by Crippen LogP contribution is 1.74. The summed E-state index contributed by atoms with van der Waals surface area (Å²) in [5, 5.41) is 2.75. The smallest absolute Gasteiger partial charge is 0.301 e. The zero-order valence-corrected chi connectivity index (χ0v) is 5.40. The molecule has 5 heteroatoms. The molecule has 50 valence electrons. The van der Waals surface area contributed by atoms with Crippen molar-refractivity contribution in [3.63, 3.8) is 0 Å². The van der Waals surface area contributed by atoms with E-state index in [4.69, 9.17) is 4.55 Å². The predicted octanol–water partition coefficient (Wildman–Crippen LogP) is -0.641. The van der Waals surface area contributed by atoms with Gasteiger partial charge in [-0.1, -0.05) is 0 Å². The summed E-state index contributed by atoms with van der Waals surface area (Å²) in [6.45, 7) is 0.853. The van der Waals surface area contributed by atoms with Crippen LogP contribution in [0.4, 0.5) is 0 Å². The SMILES string of the molecule is CNCCOS(=O)O. The molecule has 2 N–H and O–H groups in total. The maximum Gasteiger partial charge on any atom is 0.301 e. The van der Waals surface area contributed by atoms with Gasteiger partial charge in [-0.25, -0.2) is 0 Å². The van der Waals surface area contributed by atoms with Gasteiger partial charge in [-0.05, 0) is 7.05 Å². The Morgan fingerprint density at radius 2 is 2.50 bits per heavy atom.